The van der Waals surface area contributed by atoms with E-state index >= 15 is 0 Å². The number of rotatable bonds is 8. The zero-order valence-corrected chi connectivity index (χ0v) is 12.6. The van der Waals surface area contributed by atoms with Gasteiger partial charge in [0.25, 0.3) is 0 Å². The van der Waals surface area contributed by atoms with E-state index in [4.69, 9.17) is 4.74 Å². The highest BCUT2D eigenvalue weighted by atomic mass is 16.5. The molecule has 0 fully saturated rings. The normalized spacial score (nSPS) is 12.7. The fraction of sp³-hybridized carbons (Fsp3) is 0.625. The van der Waals surface area contributed by atoms with Crippen molar-refractivity contribution in [2.45, 2.75) is 40.2 Å². The lowest BCUT2D eigenvalue weighted by atomic mass is 10.1. The van der Waals surface area contributed by atoms with Crippen molar-refractivity contribution in [3.63, 3.8) is 0 Å². The molecule has 2 N–H and O–H groups in total. The molecule has 1 aromatic rings. The predicted molar refractivity (Wildman–Crippen MR) is 79.7 cm³/mol. The molecule has 0 heterocycles. The van der Waals surface area contributed by atoms with Gasteiger partial charge in [-0.15, -0.1) is 0 Å². The Hall–Kier alpha value is -1.06. The molecule has 0 aromatic heterocycles. The van der Waals surface area contributed by atoms with Gasteiger partial charge in [0.1, 0.15) is 18.5 Å². The van der Waals surface area contributed by atoms with E-state index in [-0.39, 0.29) is 0 Å². The van der Waals surface area contributed by atoms with E-state index < -0.39 is 6.10 Å². The van der Waals surface area contributed by atoms with Crippen LogP contribution in [0.3, 0.4) is 0 Å². The van der Waals surface area contributed by atoms with Crippen LogP contribution in [0.2, 0.25) is 0 Å². The quantitative estimate of drug-likeness (QED) is 0.710. The van der Waals surface area contributed by atoms with Crippen molar-refractivity contribution in [1.29, 1.82) is 0 Å². The first-order valence-corrected chi connectivity index (χ1v) is 7.08. The van der Waals surface area contributed by atoms with Crippen LogP contribution >= 0.6 is 0 Å². The number of benzene rings is 1. The highest BCUT2D eigenvalue weighted by Crippen LogP contribution is 2.22. The van der Waals surface area contributed by atoms with Crippen molar-refractivity contribution in [3.05, 3.63) is 29.3 Å². The fourth-order valence-corrected chi connectivity index (χ4v) is 1.92. The summed E-state index contributed by atoms with van der Waals surface area (Å²) in [6.45, 7) is 10.3. The molecule has 3 heteroatoms. The number of para-hydroxylation sites is 1. The van der Waals surface area contributed by atoms with Crippen molar-refractivity contribution in [2.75, 3.05) is 19.7 Å². The average molecular weight is 265 g/mol. The smallest absolute Gasteiger partial charge is 0.125 e. The number of hydrogen-bond acceptors (Lipinski definition) is 3. The summed E-state index contributed by atoms with van der Waals surface area (Å²) in [4.78, 5) is 0. The minimum Gasteiger partial charge on any atom is -0.490 e. The van der Waals surface area contributed by atoms with Crippen LogP contribution in [0.25, 0.3) is 0 Å². The Morgan fingerprint density at radius 1 is 1.21 bits per heavy atom. The van der Waals surface area contributed by atoms with Gasteiger partial charge in [-0.25, -0.2) is 0 Å². The molecule has 0 aliphatic heterocycles. The molecule has 0 saturated heterocycles. The highest BCUT2D eigenvalue weighted by Gasteiger charge is 2.08. The number of aliphatic hydroxyl groups excluding tert-OH is 1. The van der Waals surface area contributed by atoms with E-state index in [9.17, 15) is 5.11 Å². The molecule has 0 spiro atoms. The second-order valence-electron chi connectivity index (χ2n) is 5.57. The Balaban J connectivity index is 2.28. The number of aliphatic hydroxyl groups is 1. The Morgan fingerprint density at radius 3 is 2.42 bits per heavy atom. The lowest BCUT2D eigenvalue weighted by Gasteiger charge is -2.16. The third-order valence-corrected chi connectivity index (χ3v) is 3.11. The SMILES string of the molecule is Cc1cccc(C)c1OCC(O)CNCCC(C)C. The standard InChI is InChI=1S/C16H27NO2/c1-12(2)8-9-17-10-15(18)11-19-16-13(3)6-5-7-14(16)4/h5-7,12,15,17-18H,8-11H2,1-4H3. The second-order valence-corrected chi connectivity index (χ2v) is 5.57. The predicted octanol–water partition coefficient (Wildman–Crippen LogP) is 2.68. The van der Waals surface area contributed by atoms with E-state index in [1.165, 1.54) is 0 Å². The van der Waals surface area contributed by atoms with Crippen molar-refractivity contribution in [2.24, 2.45) is 5.92 Å². The van der Waals surface area contributed by atoms with Gasteiger partial charge in [0.15, 0.2) is 0 Å². The van der Waals surface area contributed by atoms with Crippen molar-refractivity contribution < 1.29 is 9.84 Å². The summed E-state index contributed by atoms with van der Waals surface area (Å²) in [7, 11) is 0. The maximum absolute atomic E-state index is 9.87. The van der Waals surface area contributed by atoms with E-state index in [2.05, 4.69) is 19.2 Å². The average Bonchev–Trinajstić information content (AvgIpc) is 2.34. The summed E-state index contributed by atoms with van der Waals surface area (Å²) in [5, 5.41) is 13.1. The van der Waals surface area contributed by atoms with Crippen LogP contribution in [-0.2, 0) is 0 Å². The number of nitrogens with one attached hydrogen (secondary N) is 1. The molecule has 0 amide bonds. The van der Waals surface area contributed by atoms with Crippen LogP contribution in [0.15, 0.2) is 18.2 Å². The monoisotopic (exact) mass is 265 g/mol. The summed E-state index contributed by atoms with van der Waals surface area (Å²) in [6, 6.07) is 6.06. The van der Waals surface area contributed by atoms with Gasteiger partial charge in [-0.1, -0.05) is 32.0 Å². The summed E-state index contributed by atoms with van der Waals surface area (Å²) in [6.07, 6.45) is 0.663. The molecule has 1 atom stereocenters. The first-order valence-electron chi connectivity index (χ1n) is 7.08. The molecular weight excluding hydrogens is 238 g/mol. The van der Waals surface area contributed by atoms with Gasteiger partial charge in [-0.2, -0.15) is 0 Å². The molecule has 1 aromatic carbocycles. The fourth-order valence-electron chi connectivity index (χ4n) is 1.92. The van der Waals surface area contributed by atoms with Crippen LogP contribution in [0.1, 0.15) is 31.4 Å². The lowest BCUT2D eigenvalue weighted by molar-refractivity contribution is 0.105. The zero-order valence-electron chi connectivity index (χ0n) is 12.6. The van der Waals surface area contributed by atoms with Gasteiger partial charge in [-0.05, 0) is 43.9 Å². The minimum absolute atomic E-state index is 0.334. The number of ether oxygens (including phenoxy) is 1. The summed E-state index contributed by atoms with van der Waals surface area (Å²) < 4.78 is 5.72. The van der Waals surface area contributed by atoms with Crippen molar-refractivity contribution in [3.8, 4) is 5.75 Å². The maximum Gasteiger partial charge on any atom is 0.125 e. The minimum atomic E-state index is -0.467. The third kappa shape index (κ3) is 6.08. The van der Waals surface area contributed by atoms with Gasteiger partial charge in [0.2, 0.25) is 0 Å². The van der Waals surface area contributed by atoms with Crippen LogP contribution in [-0.4, -0.2) is 30.9 Å². The van der Waals surface area contributed by atoms with E-state index in [1.54, 1.807) is 0 Å². The first-order chi connectivity index (χ1) is 9.00. The molecule has 1 rings (SSSR count). The van der Waals surface area contributed by atoms with Crippen molar-refractivity contribution >= 4 is 0 Å². The number of aryl methyl sites for hydroxylation is 2. The van der Waals surface area contributed by atoms with Crippen LogP contribution < -0.4 is 10.1 Å². The Kier molecular flexibility index (Phi) is 6.89. The van der Waals surface area contributed by atoms with Gasteiger partial charge in [0.05, 0.1) is 0 Å². The molecule has 3 nitrogen and oxygen atoms in total. The van der Waals surface area contributed by atoms with Crippen LogP contribution in [0.5, 0.6) is 5.75 Å². The van der Waals surface area contributed by atoms with E-state index in [0.717, 1.165) is 29.8 Å². The lowest BCUT2D eigenvalue weighted by Crippen LogP contribution is -2.32. The third-order valence-electron chi connectivity index (χ3n) is 3.11. The second kappa shape index (κ2) is 8.18. The summed E-state index contributed by atoms with van der Waals surface area (Å²) in [5.74, 6) is 1.58. The summed E-state index contributed by atoms with van der Waals surface area (Å²) in [5.41, 5.74) is 2.22. The van der Waals surface area contributed by atoms with Crippen LogP contribution in [0, 0.1) is 19.8 Å². The molecule has 0 aliphatic carbocycles. The summed E-state index contributed by atoms with van der Waals surface area (Å²) >= 11 is 0. The first kappa shape index (κ1) is 16.0. The van der Waals surface area contributed by atoms with Gasteiger partial charge in [0, 0.05) is 6.54 Å². The highest BCUT2D eigenvalue weighted by molar-refractivity contribution is 5.39. The Bertz CT molecular complexity index is 357. The van der Waals surface area contributed by atoms with Crippen molar-refractivity contribution in [1.82, 2.24) is 5.32 Å². The van der Waals surface area contributed by atoms with Gasteiger partial charge < -0.3 is 15.2 Å². The topological polar surface area (TPSA) is 41.5 Å². The molecule has 0 saturated carbocycles. The molecular formula is C16H27NO2. The molecule has 0 radical (unpaired) electrons. The maximum atomic E-state index is 9.87. The number of hydrogen-bond donors (Lipinski definition) is 2. The van der Waals surface area contributed by atoms with Gasteiger partial charge in [-0.3, -0.25) is 0 Å². The molecule has 0 bridgehead atoms. The molecule has 1 unspecified atom stereocenters. The van der Waals surface area contributed by atoms with Crippen LogP contribution in [0.4, 0.5) is 0 Å². The Morgan fingerprint density at radius 2 is 1.84 bits per heavy atom. The zero-order chi connectivity index (χ0) is 14.3. The molecule has 108 valence electrons. The van der Waals surface area contributed by atoms with E-state index in [0.29, 0.717) is 19.1 Å². The largest absolute Gasteiger partial charge is 0.490 e. The van der Waals surface area contributed by atoms with E-state index in [1.807, 2.05) is 32.0 Å². The molecule has 19 heavy (non-hydrogen) atoms. The Labute approximate surface area is 117 Å². The van der Waals surface area contributed by atoms with Gasteiger partial charge >= 0.3 is 0 Å². The molecule has 0 aliphatic rings.